The summed E-state index contributed by atoms with van der Waals surface area (Å²) < 4.78 is 12.9. The molecule has 0 saturated heterocycles. The topological polar surface area (TPSA) is 63.8 Å². The normalized spacial score (nSPS) is 10.2. The van der Waals surface area contributed by atoms with Crippen LogP contribution in [0.25, 0.3) is 0 Å². The molecule has 0 aliphatic carbocycles. The average molecular weight is 232 g/mol. The van der Waals surface area contributed by atoms with Crippen LogP contribution in [0.15, 0.2) is 30.3 Å². The van der Waals surface area contributed by atoms with Gasteiger partial charge in [-0.05, 0) is 24.6 Å². The number of nitrogens with one attached hydrogen (secondary N) is 1. The summed E-state index contributed by atoms with van der Waals surface area (Å²) in [6.07, 6.45) is 0. The second-order valence-corrected chi connectivity index (χ2v) is 3.74. The minimum atomic E-state index is -0.248. The summed E-state index contributed by atoms with van der Waals surface area (Å²) >= 11 is 0. The van der Waals surface area contributed by atoms with Crippen molar-refractivity contribution in [2.45, 2.75) is 13.5 Å². The van der Waals surface area contributed by atoms with Gasteiger partial charge in [0.1, 0.15) is 11.6 Å². The highest BCUT2D eigenvalue weighted by atomic mass is 19.1. The van der Waals surface area contributed by atoms with E-state index < -0.39 is 0 Å². The lowest BCUT2D eigenvalue weighted by molar-refractivity contribution is 0.626. The zero-order chi connectivity index (χ0) is 12.3. The predicted octanol–water partition coefficient (Wildman–Crippen LogP) is 2.12. The van der Waals surface area contributed by atoms with Crippen LogP contribution in [-0.4, -0.2) is 9.97 Å². The molecule has 17 heavy (non-hydrogen) atoms. The Morgan fingerprint density at radius 2 is 2.12 bits per heavy atom. The van der Waals surface area contributed by atoms with Crippen molar-refractivity contribution in [3.63, 3.8) is 0 Å². The van der Waals surface area contributed by atoms with Crippen molar-refractivity contribution in [2.75, 3.05) is 11.1 Å². The Hall–Kier alpha value is -2.17. The molecule has 2 rings (SSSR count). The summed E-state index contributed by atoms with van der Waals surface area (Å²) in [6.45, 7) is 2.33. The van der Waals surface area contributed by atoms with Gasteiger partial charge in [-0.25, -0.2) is 9.37 Å². The van der Waals surface area contributed by atoms with E-state index in [2.05, 4.69) is 15.3 Å². The van der Waals surface area contributed by atoms with E-state index in [9.17, 15) is 4.39 Å². The molecule has 1 heterocycles. The van der Waals surface area contributed by atoms with E-state index >= 15 is 0 Å². The lowest BCUT2D eigenvalue weighted by atomic mass is 10.2. The molecule has 4 nitrogen and oxygen atoms in total. The number of aromatic nitrogens is 2. The van der Waals surface area contributed by atoms with Crippen LogP contribution in [0.2, 0.25) is 0 Å². The molecule has 0 aliphatic rings. The number of nitrogens with zero attached hydrogens (tertiary/aromatic N) is 2. The number of rotatable bonds is 3. The van der Waals surface area contributed by atoms with E-state index in [-0.39, 0.29) is 11.8 Å². The summed E-state index contributed by atoms with van der Waals surface area (Å²) in [5.74, 6) is 0.619. The van der Waals surface area contributed by atoms with E-state index in [0.717, 1.165) is 11.3 Å². The first kappa shape index (κ1) is 11.3. The summed E-state index contributed by atoms with van der Waals surface area (Å²) in [4.78, 5) is 8.00. The van der Waals surface area contributed by atoms with Crippen LogP contribution in [0.1, 0.15) is 11.3 Å². The van der Waals surface area contributed by atoms with Gasteiger partial charge in [-0.2, -0.15) is 4.98 Å². The van der Waals surface area contributed by atoms with Crippen LogP contribution in [0.4, 0.5) is 16.2 Å². The Morgan fingerprint density at radius 1 is 1.29 bits per heavy atom. The van der Waals surface area contributed by atoms with E-state index in [1.165, 1.54) is 12.1 Å². The quantitative estimate of drug-likeness (QED) is 0.850. The van der Waals surface area contributed by atoms with Gasteiger partial charge >= 0.3 is 0 Å². The van der Waals surface area contributed by atoms with Crippen molar-refractivity contribution in [3.8, 4) is 0 Å². The molecular formula is C12H13FN4. The summed E-state index contributed by atoms with van der Waals surface area (Å²) in [6, 6.07) is 8.19. The standard InChI is InChI=1S/C12H13FN4/c1-8-5-11(17-12(14)16-8)15-7-9-3-2-4-10(13)6-9/h2-6H,7H2,1H3,(H3,14,15,16,17). The molecule has 5 heteroatoms. The highest BCUT2D eigenvalue weighted by molar-refractivity contribution is 5.40. The fourth-order valence-electron chi connectivity index (χ4n) is 1.52. The summed E-state index contributed by atoms with van der Waals surface area (Å²) in [5.41, 5.74) is 7.17. The van der Waals surface area contributed by atoms with E-state index in [4.69, 9.17) is 5.73 Å². The Morgan fingerprint density at radius 3 is 2.82 bits per heavy atom. The van der Waals surface area contributed by atoms with Crippen molar-refractivity contribution in [2.24, 2.45) is 0 Å². The molecule has 0 radical (unpaired) electrons. The van der Waals surface area contributed by atoms with Gasteiger partial charge in [-0.15, -0.1) is 0 Å². The van der Waals surface area contributed by atoms with Gasteiger partial charge in [0.25, 0.3) is 0 Å². The number of aryl methyl sites for hydroxylation is 1. The van der Waals surface area contributed by atoms with Crippen molar-refractivity contribution < 1.29 is 4.39 Å². The van der Waals surface area contributed by atoms with Gasteiger partial charge in [0.2, 0.25) is 5.95 Å². The summed E-state index contributed by atoms with van der Waals surface area (Å²) in [5, 5.41) is 3.07. The number of nitrogens with two attached hydrogens (primary N) is 1. The predicted molar refractivity (Wildman–Crippen MR) is 64.9 cm³/mol. The molecule has 0 saturated carbocycles. The molecule has 1 aromatic heterocycles. The maximum absolute atomic E-state index is 12.9. The second kappa shape index (κ2) is 4.78. The van der Waals surface area contributed by atoms with E-state index in [1.54, 1.807) is 12.1 Å². The molecule has 88 valence electrons. The van der Waals surface area contributed by atoms with E-state index in [1.807, 2.05) is 13.0 Å². The number of benzene rings is 1. The number of nitrogen functional groups attached to an aromatic ring is 1. The maximum atomic E-state index is 12.9. The van der Waals surface area contributed by atoms with Crippen LogP contribution in [0.5, 0.6) is 0 Å². The maximum Gasteiger partial charge on any atom is 0.222 e. The first-order chi connectivity index (χ1) is 8.13. The van der Waals surface area contributed by atoms with Gasteiger partial charge in [-0.1, -0.05) is 12.1 Å². The molecule has 2 aromatic rings. The number of hydrogen-bond acceptors (Lipinski definition) is 4. The molecule has 0 bridgehead atoms. The number of hydrogen-bond donors (Lipinski definition) is 2. The van der Waals surface area contributed by atoms with Gasteiger partial charge in [0, 0.05) is 18.3 Å². The Kier molecular flexibility index (Phi) is 3.18. The molecule has 0 unspecified atom stereocenters. The molecule has 1 aromatic carbocycles. The first-order valence-corrected chi connectivity index (χ1v) is 5.23. The zero-order valence-electron chi connectivity index (χ0n) is 9.44. The Labute approximate surface area is 98.7 Å². The van der Waals surface area contributed by atoms with Crippen molar-refractivity contribution in [1.82, 2.24) is 9.97 Å². The lowest BCUT2D eigenvalue weighted by Crippen LogP contribution is -2.05. The molecule has 0 atom stereocenters. The van der Waals surface area contributed by atoms with Crippen LogP contribution in [0.3, 0.4) is 0 Å². The zero-order valence-corrected chi connectivity index (χ0v) is 9.44. The van der Waals surface area contributed by atoms with Crippen LogP contribution in [0, 0.1) is 12.7 Å². The molecule has 0 fully saturated rings. The molecular weight excluding hydrogens is 219 g/mol. The van der Waals surface area contributed by atoms with Crippen LogP contribution < -0.4 is 11.1 Å². The van der Waals surface area contributed by atoms with Crippen molar-refractivity contribution >= 4 is 11.8 Å². The fraction of sp³-hybridized carbons (Fsp3) is 0.167. The van der Waals surface area contributed by atoms with Gasteiger partial charge < -0.3 is 11.1 Å². The fourth-order valence-corrected chi connectivity index (χ4v) is 1.52. The third kappa shape index (κ3) is 3.14. The Balaban J connectivity index is 2.07. The minimum Gasteiger partial charge on any atom is -0.368 e. The SMILES string of the molecule is Cc1cc(NCc2cccc(F)c2)nc(N)n1. The minimum absolute atomic E-state index is 0.228. The largest absolute Gasteiger partial charge is 0.368 e. The summed E-state index contributed by atoms with van der Waals surface area (Å²) in [7, 11) is 0. The average Bonchev–Trinajstić information content (AvgIpc) is 2.25. The smallest absolute Gasteiger partial charge is 0.222 e. The number of halogens is 1. The molecule has 0 aliphatic heterocycles. The first-order valence-electron chi connectivity index (χ1n) is 5.23. The highest BCUT2D eigenvalue weighted by Gasteiger charge is 2.00. The molecule has 3 N–H and O–H groups in total. The lowest BCUT2D eigenvalue weighted by Gasteiger charge is -2.07. The molecule has 0 amide bonds. The third-order valence-corrected chi connectivity index (χ3v) is 2.23. The third-order valence-electron chi connectivity index (χ3n) is 2.23. The van der Waals surface area contributed by atoms with Crippen molar-refractivity contribution in [3.05, 3.63) is 47.4 Å². The Bertz CT molecular complexity index is 507. The number of anilines is 2. The van der Waals surface area contributed by atoms with Gasteiger partial charge in [0.05, 0.1) is 0 Å². The molecule has 0 spiro atoms. The van der Waals surface area contributed by atoms with Gasteiger partial charge in [0.15, 0.2) is 0 Å². The van der Waals surface area contributed by atoms with E-state index in [0.29, 0.717) is 12.4 Å². The van der Waals surface area contributed by atoms with Crippen molar-refractivity contribution in [1.29, 1.82) is 0 Å². The van der Waals surface area contributed by atoms with Crippen LogP contribution in [-0.2, 0) is 6.54 Å². The monoisotopic (exact) mass is 232 g/mol. The second-order valence-electron chi connectivity index (χ2n) is 3.74. The van der Waals surface area contributed by atoms with Gasteiger partial charge in [-0.3, -0.25) is 0 Å². The van der Waals surface area contributed by atoms with Crippen LogP contribution >= 0.6 is 0 Å². The highest BCUT2D eigenvalue weighted by Crippen LogP contribution is 2.10.